The minimum atomic E-state index is -0.0790. The topological polar surface area (TPSA) is 108 Å². The van der Waals surface area contributed by atoms with E-state index in [-0.39, 0.29) is 11.8 Å². The number of rotatable bonds is 3. The van der Waals surface area contributed by atoms with Crippen molar-refractivity contribution in [2.75, 3.05) is 29.6 Å². The highest BCUT2D eigenvalue weighted by atomic mass is 16.5. The first kappa shape index (κ1) is 24.3. The predicted molar refractivity (Wildman–Crippen MR) is 135 cm³/mol. The van der Waals surface area contributed by atoms with Gasteiger partial charge < -0.3 is 20.7 Å². The highest BCUT2D eigenvalue weighted by Gasteiger charge is 2.20. The summed E-state index contributed by atoms with van der Waals surface area (Å²) in [6.45, 7) is 3.90. The molecular weight excluding hydrogens is 428 g/mol. The van der Waals surface area contributed by atoms with Crippen LogP contribution < -0.4 is 20.7 Å². The van der Waals surface area contributed by atoms with Crippen LogP contribution in [0.2, 0.25) is 0 Å². The molecule has 3 aromatic carbocycles. The Kier molecular flexibility index (Phi) is 7.88. The summed E-state index contributed by atoms with van der Waals surface area (Å²) in [7, 11) is 1.51. The fourth-order valence-corrected chi connectivity index (χ4v) is 3.88. The number of benzene rings is 3. The Labute approximate surface area is 199 Å². The van der Waals surface area contributed by atoms with Crippen LogP contribution in [-0.2, 0) is 16.0 Å². The number of hydrogen-bond acceptors (Lipinski definition) is 5. The highest BCUT2D eigenvalue weighted by molar-refractivity contribution is 5.93. The third kappa shape index (κ3) is 5.93. The predicted octanol–water partition coefficient (Wildman–Crippen LogP) is 4.76. The molecule has 0 fully saturated rings. The lowest BCUT2D eigenvalue weighted by molar-refractivity contribution is -0.116. The van der Waals surface area contributed by atoms with Crippen LogP contribution in [0.25, 0.3) is 11.1 Å². The molecule has 2 amide bonds. The molecule has 0 saturated heterocycles. The Morgan fingerprint density at radius 2 is 1.82 bits per heavy atom. The highest BCUT2D eigenvalue weighted by Crippen LogP contribution is 2.32. The van der Waals surface area contributed by atoms with Crippen molar-refractivity contribution in [3.63, 3.8) is 0 Å². The maximum Gasteiger partial charge on any atom is 0.223 e. The van der Waals surface area contributed by atoms with Crippen molar-refractivity contribution >= 4 is 28.9 Å². The van der Waals surface area contributed by atoms with Crippen molar-refractivity contribution < 1.29 is 14.3 Å². The van der Waals surface area contributed by atoms with Crippen LogP contribution in [0.5, 0.6) is 5.75 Å². The number of carbonyl (C=O) groups is 2. The zero-order chi connectivity index (χ0) is 24.7. The van der Waals surface area contributed by atoms with Crippen LogP contribution in [-0.4, -0.2) is 25.5 Å². The largest absolute Gasteiger partial charge is 0.495 e. The molecule has 4 rings (SSSR count). The van der Waals surface area contributed by atoms with Crippen molar-refractivity contribution in [1.29, 1.82) is 5.26 Å². The van der Waals surface area contributed by atoms with Gasteiger partial charge >= 0.3 is 0 Å². The van der Waals surface area contributed by atoms with Crippen molar-refractivity contribution in [3.05, 3.63) is 71.8 Å². The number of carbonyl (C=O) groups excluding carboxylic acids is 2. The van der Waals surface area contributed by atoms with E-state index in [2.05, 4.69) is 11.4 Å². The molecule has 0 bridgehead atoms. The molecule has 7 heteroatoms. The van der Waals surface area contributed by atoms with E-state index in [9.17, 15) is 9.59 Å². The third-order valence-corrected chi connectivity index (χ3v) is 5.44. The van der Waals surface area contributed by atoms with Crippen LogP contribution in [0.1, 0.15) is 31.4 Å². The molecule has 34 heavy (non-hydrogen) atoms. The van der Waals surface area contributed by atoms with E-state index in [0.717, 1.165) is 41.9 Å². The Balaban J connectivity index is 0.000000248. The Morgan fingerprint density at radius 1 is 1.06 bits per heavy atom. The smallest absolute Gasteiger partial charge is 0.223 e. The van der Waals surface area contributed by atoms with E-state index in [1.165, 1.54) is 19.6 Å². The van der Waals surface area contributed by atoms with Crippen LogP contribution in [0.4, 0.5) is 17.1 Å². The second-order valence-electron chi connectivity index (χ2n) is 7.95. The maximum atomic E-state index is 11.7. The van der Waals surface area contributed by atoms with Gasteiger partial charge in [0.1, 0.15) is 11.8 Å². The summed E-state index contributed by atoms with van der Waals surface area (Å²) in [6.07, 6.45) is 1.97. The normalized spacial score (nSPS) is 11.9. The third-order valence-electron chi connectivity index (χ3n) is 5.44. The molecule has 0 spiro atoms. The number of amides is 2. The van der Waals surface area contributed by atoms with Crippen LogP contribution in [0, 0.1) is 11.3 Å². The first-order valence-electron chi connectivity index (χ1n) is 10.9. The zero-order valence-electron chi connectivity index (χ0n) is 19.6. The van der Waals surface area contributed by atoms with E-state index in [1.54, 1.807) is 25.1 Å². The number of anilines is 3. The van der Waals surface area contributed by atoms with Gasteiger partial charge in [-0.1, -0.05) is 18.2 Å². The molecule has 3 N–H and O–H groups in total. The summed E-state index contributed by atoms with van der Waals surface area (Å²) in [5.74, 6) is 0.531. The number of nitrogen functional groups attached to an aromatic ring is 1. The summed E-state index contributed by atoms with van der Waals surface area (Å²) in [5, 5.41) is 11.4. The Hall–Kier alpha value is -4.31. The first-order chi connectivity index (χ1) is 16.3. The maximum absolute atomic E-state index is 11.7. The number of nitrogens with one attached hydrogen (secondary N) is 1. The molecule has 1 heterocycles. The molecule has 0 saturated carbocycles. The summed E-state index contributed by atoms with van der Waals surface area (Å²) in [4.78, 5) is 24.8. The SMILES string of the molecule is CC(=O)Nc1cccc(-c2ccc3c(c2)CCCN3C(C)=O)c1.COc1cc(N)ccc1C#N. The lowest BCUT2D eigenvalue weighted by atomic mass is 9.96. The van der Waals surface area contributed by atoms with Crippen molar-refractivity contribution in [1.82, 2.24) is 0 Å². The Bertz CT molecular complexity index is 1250. The monoisotopic (exact) mass is 456 g/mol. The van der Waals surface area contributed by atoms with Gasteiger partial charge in [0.2, 0.25) is 11.8 Å². The van der Waals surface area contributed by atoms with E-state index in [1.807, 2.05) is 47.4 Å². The molecule has 7 nitrogen and oxygen atoms in total. The minimum Gasteiger partial charge on any atom is -0.495 e. The minimum absolute atomic E-state index is 0.0790. The molecule has 1 aliphatic heterocycles. The van der Waals surface area contributed by atoms with Crippen molar-refractivity contribution in [3.8, 4) is 22.9 Å². The lowest BCUT2D eigenvalue weighted by Gasteiger charge is -2.29. The van der Waals surface area contributed by atoms with Gasteiger partial charge in [-0.15, -0.1) is 0 Å². The molecule has 0 aromatic heterocycles. The fraction of sp³-hybridized carbons (Fsp3) is 0.222. The van der Waals surface area contributed by atoms with Gasteiger partial charge in [0, 0.05) is 43.5 Å². The lowest BCUT2D eigenvalue weighted by Crippen LogP contribution is -2.33. The summed E-state index contributed by atoms with van der Waals surface area (Å²) < 4.78 is 4.91. The van der Waals surface area contributed by atoms with E-state index in [0.29, 0.717) is 17.0 Å². The second kappa shape index (κ2) is 11.0. The van der Waals surface area contributed by atoms with Gasteiger partial charge in [0.15, 0.2) is 0 Å². The van der Waals surface area contributed by atoms with Gasteiger partial charge in [-0.25, -0.2) is 0 Å². The van der Waals surface area contributed by atoms with Gasteiger partial charge in [0.05, 0.1) is 12.7 Å². The van der Waals surface area contributed by atoms with Gasteiger partial charge in [-0.3, -0.25) is 9.59 Å². The molecule has 174 valence electrons. The second-order valence-corrected chi connectivity index (χ2v) is 7.95. The van der Waals surface area contributed by atoms with Gasteiger partial charge in [-0.2, -0.15) is 5.26 Å². The standard InChI is InChI=1S/C19H20N2O2.C8H8N2O/c1-13(22)20-18-7-3-5-15(12-18)16-8-9-19-17(11-16)6-4-10-21(19)14(2)23;1-11-8-4-7(10)3-2-6(8)5-9/h3,5,7-9,11-12H,4,6,10H2,1-2H3,(H,20,22);2-4H,10H2,1H3. The number of methoxy groups -OCH3 is 1. The van der Waals surface area contributed by atoms with Crippen molar-refractivity contribution in [2.45, 2.75) is 26.7 Å². The average molecular weight is 457 g/mol. The summed E-state index contributed by atoms with van der Waals surface area (Å²) in [6, 6.07) is 20.9. The molecular formula is C27H28N4O3. The molecule has 0 aliphatic carbocycles. The van der Waals surface area contributed by atoms with E-state index < -0.39 is 0 Å². The number of ether oxygens (including phenoxy) is 1. The molecule has 0 atom stereocenters. The molecule has 0 radical (unpaired) electrons. The Morgan fingerprint density at radius 3 is 2.50 bits per heavy atom. The van der Waals surface area contributed by atoms with Crippen LogP contribution in [0.15, 0.2) is 60.7 Å². The molecule has 3 aromatic rings. The fourth-order valence-electron chi connectivity index (χ4n) is 3.88. The first-order valence-corrected chi connectivity index (χ1v) is 10.9. The quantitative estimate of drug-likeness (QED) is 0.553. The summed E-state index contributed by atoms with van der Waals surface area (Å²) >= 11 is 0. The number of nitrogens with zero attached hydrogens (tertiary/aromatic N) is 2. The number of hydrogen-bond donors (Lipinski definition) is 2. The summed E-state index contributed by atoms with van der Waals surface area (Å²) in [5.41, 5.74) is 11.7. The van der Waals surface area contributed by atoms with Gasteiger partial charge in [-0.05, 0) is 65.9 Å². The van der Waals surface area contributed by atoms with E-state index in [4.69, 9.17) is 15.7 Å². The van der Waals surface area contributed by atoms with E-state index >= 15 is 0 Å². The molecule has 1 aliphatic rings. The zero-order valence-corrected chi connectivity index (χ0v) is 19.6. The number of nitrogens with two attached hydrogens (primary N) is 1. The molecule has 0 unspecified atom stereocenters. The average Bonchev–Trinajstić information content (AvgIpc) is 2.83. The number of aryl methyl sites for hydroxylation is 1. The number of nitriles is 1. The van der Waals surface area contributed by atoms with Gasteiger partial charge in [0.25, 0.3) is 0 Å². The van der Waals surface area contributed by atoms with Crippen LogP contribution >= 0.6 is 0 Å². The van der Waals surface area contributed by atoms with Crippen LogP contribution in [0.3, 0.4) is 0 Å². The van der Waals surface area contributed by atoms with Crippen molar-refractivity contribution in [2.24, 2.45) is 0 Å². The number of fused-ring (bicyclic) bond motifs is 1.